The lowest BCUT2D eigenvalue weighted by atomic mass is 10.2. The predicted molar refractivity (Wildman–Crippen MR) is 121 cm³/mol. The zero-order valence-corrected chi connectivity index (χ0v) is 17.9. The molecular formula is C22H25FN2O2S2. The molecule has 0 spiro atoms. The molecule has 0 aliphatic carbocycles. The Labute approximate surface area is 179 Å². The first-order chi connectivity index (χ1) is 14.2. The molecule has 1 N–H and O–H groups in total. The van der Waals surface area contributed by atoms with Crippen LogP contribution < -0.4 is 15.0 Å². The Morgan fingerprint density at radius 3 is 2.52 bits per heavy atom. The summed E-state index contributed by atoms with van der Waals surface area (Å²) in [5.74, 6) is 2.42. The van der Waals surface area contributed by atoms with Gasteiger partial charge in [0.1, 0.15) is 11.6 Å². The summed E-state index contributed by atoms with van der Waals surface area (Å²) in [6.45, 7) is 1.74. The number of halogens is 1. The summed E-state index contributed by atoms with van der Waals surface area (Å²) in [7, 11) is 0. The first kappa shape index (κ1) is 20.4. The van der Waals surface area contributed by atoms with E-state index in [2.05, 4.69) is 22.3 Å². The standard InChI is InChI=1S/C22H25FN2O2S2/c23-17-12-18(14-19(13-17)25-8-1-2-9-25)24-21(26)15-27-20-6-4-16(5-7-20)22-28-10-3-11-29-22/h4-7,12-14,22H,1-3,8-11,15H2,(H,24,26). The molecule has 0 aromatic heterocycles. The Morgan fingerprint density at radius 2 is 1.79 bits per heavy atom. The zero-order valence-electron chi connectivity index (χ0n) is 16.2. The number of nitrogens with zero attached hydrogens (tertiary/aromatic N) is 1. The number of nitrogens with one attached hydrogen (secondary N) is 1. The molecule has 2 aromatic rings. The van der Waals surface area contributed by atoms with Crippen molar-refractivity contribution in [3.05, 3.63) is 53.8 Å². The van der Waals surface area contributed by atoms with Crippen LogP contribution >= 0.6 is 23.5 Å². The van der Waals surface area contributed by atoms with E-state index in [0.717, 1.165) is 31.6 Å². The van der Waals surface area contributed by atoms with Gasteiger partial charge in [-0.05, 0) is 66.7 Å². The van der Waals surface area contributed by atoms with Gasteiger partial charge in [0.2, 0.25) is 0 Å². The third-order valence-corrected chi connectivity index (χ3v) is 8.00. The number of rotatable bonds is 6. The molecule has 0 saturated carbocycles. The highest BCUT2D eigenvalue weighted by Gasteiger charge is 2.17. The van der Waals surface area contributed by atoms with Crippen LogP contribution in [0, 0.1) is 5.82 Å². The van der Waals surface area contributed by atoms with Crippen LogP contribution in [0.4, 0.5) is 15.8 Å². The smallest absolute Gasteiger partial charge is 0.262 e. The van der Waals surface area contributed by atoms with Gasteiger partial charge >= 0.3 is 0 Å². The first-order valence-corrected chi connectivity index (χ1v) is 12.1. The minimum atomic E-state index is -0.348. The van der Waals surface area contributed by atoms with Crippen LogP contribution in [0.25, 0.3) is 0 Å². The first-order valence-electron chi connectivity index (χ1n) is 9.99. The number of anilines is 2. The average molecular weight is 433 g/mol. The third-order valence-electron chi connectivity index (χ3n) is 4.99. The second-order valence-corrected chi connectivity index (χ2v) is 9.95. The van der Waals surface area contributed by atoms with Gasteiger partial charge in [0.05, 0.1) is 4.58 Å². The van der Waals surface area contributed by atoms with Crippen LogP contribution in [0.2, 0.25) is 0 Å². The fraction of sp³-hybridized carbons (Fsp3) is 0.409. The highest BCUT2D eigenvalue weighted by atomic mass is 32.2. The number of amides is 1. The van der Waals surface area contributed by atoms with Gasteiger partial charge in [-0.1, -0.05) is 12.1 Å². The van der Waals surface area contributed by atoms with Gasteiger partial charge in [-0.25, -0.2) is 4.39 Å². The lowest BCUT2D eigenvalue weighted by Crippen LogP contribution is -2.21. The molecule has 2 aliphatic heterocycles. The molecular weight excluding hydrogens is 407 g/mol. The lowest BCUT2D eigenvalue weighted by molar-refractivity contribution is -0.118. The molecule has 2 heterocycles. The molecule has 4 nitrogen and oxygen atoms in total. The lowest BCUT2D eigenvalue weighted by Gasteiger charge is -2.21. The molecule has 2 saturated heterocycles. The van der Waals surface area contributed by atoms with Crippen molar-refractivity contribution >= 4 is 40.8 Å². The molecule has 0 radical (unpaired) electrons. The zero-order chi connectivity index (χ0) is 20.1. The fourth-order valence-electron chi connectivity index (χ4n) is 3.55. The van der Waals surface area contributed by atoms with Crippen molar-refractivity contribution < 1.29 is 13.9 Å². The average Bonchev–Trinajstić information content (AvgIpc) is 3.28. The summed E-state index contributed by atoms with van der Waals surface area (Å²) in [4.78, 5) is 14.4. The van der Waals surface area contributed by atoms with E-state index < -0.39 is 0 Å². The molecule has 0 unspecified atom stereocenters. The largest absolute Gasteiger partial charge is 0.484 e. The Kier molecular flexibility index (Phi) is 6.87. The maximum absolute atomic E-state index is 14.0. The van der Waals surface area contributed by atoms with Gasteiger partial charge < -0.3 is 15.0 Å². The Morgan fingerprint density at radius 1 is 1.07 bits per heavy atom. The molecule has 4 rings (SSSR count). The van der Waals surface area contributed by atoms with E-state index in [9.17, 15) is 9.18 Å². The van der Waals surface area contributed by atoms with E-state index in [1.165, 1.54) is 35.6 Å². The topological polar surface area (TPSA) is 41.6 Å². The van der Waals surface area contributed by atoms with Crippen molar-refractivity contribution in [1.82, 2.24) is 0 Å². The number of ether oxygens (including phenoxy) is 1. The molecule has 154 valence electrons. The van der Waals surface area contributed by atoms with Crippen LogP contribution in [0.1, 0.15) is 29.4 Å². The second kappa shape index (κ2) is 9.76. The minimum absolute atomic E-state index is 0.109. The van der Waals surface area contributed by atoms with Crippen molar-refractivity contribution in [1.29, 1.82) is 0 Å². The van der Waals surface area contributed by atoms with Crippen LogP contribution in [0.15, 0.2) is 42.5 Å². The summed E-state index contributed by atoms with van der Waals surface area (Å²) in [5, 5.41) is 2.74. The maximum atomic E-state index is 14.0. The van der Waals surface area contributed by atoms with Crippen molar-refractivity contribution in [2.45, 2.75) is 23.8 Å². The van der Waals surface area contributed by atoms with Crippen LogP contribution in [-0.2, 0) is 4.79 Å². The van der Waals surface area contributed by atoms with Crippen molar-refractivity contribution in [2.24, 2.45) is 0 Å². The Bertz CT molecular complexity index is 835. The van der Waals surface area contributed by atoms with Crippen LogP contribution in [-0.4, -0.2) is 37.1 Å². The van der Waals surface area contributed by atoms with Gasteiger partial charge in [0.15, 0.2) is 6.61 Å². The predicted octanol–water partition coefficient (Wildman–Crippen LogP) is 5.31. The van der Waals surface area contributed by atoms with Crippen LogP contribution in [0.5, 0.6) is 5.75 Å². The van der Waals surface area contributed by atoms with E-state index in [0.29, 0.717) is 16.0 Å². The Hall–Kier alpha value is -1.86. The molecule has 2 aromatic carbocycles. The summed E-state index contributed by atoms with van der Waals surface area (Å²) >= 11 is 3.95. The number of thioether (sulfide) groups is 2. The maximum Gasteiger partial charge on any atom is 0.262 e. The summed E-state index contributed by atoms with van der Waals surface area (Å²) in [6.07, 6.45) is 3.50. The summed E-state index contributed by atoms with van der Waals surface area (Å²) < 4.78 is 20.1. The Balaban J connectivity index is 1.30. The van der Waals surface area contributed by atoms with E-state index >= 15 is 0 Å². The highest BCUT2D eigenvalue weighted by molar-refractivity contribution is 8.16. The monoisotopic (exact) mass is 432 g/mol. The number of carbonyl (C=O) groups excluding carboxylic acids is 1. The minimum Gasteiger partial charge on any atom is -0.484 e. The summed E-state index contributed by atoms with van der Waals surface area (Å²) in [6, 6.07) is 12.6. The van der Waals surface area contributed by atoms with Crippen molar-refractivity contribution in [3.8, 4) is 5.75 Å². The number of hydrogen-bond acceptors (Lipinski definition) is 5. The van der Waals surface area contributed by atoms with Gasteiger partial charge in [-0.3, -0.25) is 4.79 Å². The molecule has 0 atom stereocenters. The molecule has 1 amide bonds. The van der Waals surface area contributed by atoms with Gasteiger partial charge in [-0.15, -0.1) is 23.5 Å². The van der Waals surface area contributed by atoms with E-state index in [1.807, 2.05) is 41.7 Å². The van der Waals surface area contributed by atoms with E-state index in [1.54, 1.807) is 0 Å². The van der Waals surface area contributed by atoms with Gasteiger partial charge in [-0.2, -0.15) is 0 Å². The number of hydrogen-bond donors (Lipinski definition) is 1. The van der Waals surface area contributed by atoms with Gasteiger partial charge in [0, 0.05) is 24.5 Å². The quantitative estimate of drug-likeness (QED) is 0.670. The van der Waals surface area contributed by atoms with Crippen LogP contribution in [0.3, 0.4) is 0 Å². The number of carbonyl (C=O) groups is 1. The third kappa shape index (κ3) is 5.60. The second-order valence-electron chi connectivity index (χ2n) is 7.23. The SMILES string of the molecule is O=C(COc1ccc(C2SCCCS2)cc1)Nc1cc(F)cc(N2CCCC2)c1. The molecule has 29 heavy (non-hydrogen) atoms. The number of benzene rings is 2. The molecule has 2 aliphatic rings. The fourth-order valence-corrected chi connectivity index (χ4v) is 6.45. The molecule has 2 fully saturated rings. The van der Waals surface area contributed by atoms with Gasteiger partial charge in [0.25, 0.3) is 5.91 Å². The van der Waals surface area contributed by atoms with E-state index in [-0.39, 0.29) is 18.3 Å². The molecule has 0 bridgehead atoms. The van der Waals surface area contributed by atoms with Crippen molar-refractivity contribution in [3.63, 3.8) is 0 Å². The summed E-state index contributed by atoms with van der Waals surface area (Å²) in [5.41, 5.74) is 2.56. The molecule has 7 heteroatoms. The normalized spacial score (nSPS) is 17.3. The highest BCUT2D eigenvalue weighted by Crippen LogP contribution is 2.43. The van der Waals surface area contributed by atoms with E-state index in [4.69, 9.17) is 4.74 Å². The van der Waals surface area contributed by atoms with Crippen molar-refractivity contribution in [2.75, 3.05) is 41.4 Å².